The number of hydrogen-bond donors (Lipinski definition) is 1. The largest absolute Gasteiger partial charge is 0.419 e. The second kappa shape index (κ2) is 4.95. The number of amides is 1. The highest BCUT2D eigenvalue weighted by Crippen LogP contribution is 2.41. The van der Waals surface area contributed by atoms with Crippen molar-refractivity contribution >= 4 is 29.1 Å². The number of carbonyl (C=O) groups excluding carboxylic acids is 1. The van der Waals surface area contributed by atoms with Crippen LogP contribution in [0.2, 0.25) is 10.0 Å². The lowest BCUT2D eigenvalue weighted by Crippen LogP contribution is -2.11. The zero-order valence-electron chi connectivity index (χ0n) is 9.45. The van der Waals surface area contributed by atoms with E-state index < -0.39 is 27.7 Å². The standard InChI is InChI=1S/C10H5Cl2F3N4O/c11-4-1-2-6(8(12)7(4)10(13,14)15)19-3-5(9(16)20)17-18-19/h1-3H,(H2,16,20). The van der Waals surface area contributed by atoms with Crippen LogP contribution in [0.1, 0.15) is 16.1 Å². The molecule has 0 spiro atoms. The molecule has 0 aliphatic carbocycles. The van der Waals surface area contributed by atoms with Crippen molar-refractivity contribution in [2.24, 2.45) is 5.73 Å². The molecule has 1 aromatic carbocycles. The van der Waals surface area contributed by atoms with Crippen LogP contribution in [0.3, 0.4) is 0 Å². The maximum atomic E-state index is 12.9. The summed E-state index contributed by atoms with van der Waals surface area (Å²) in [5.41, 5.74) is 3.47. The van der Waals surface area contributed by atoms with Gasteiger partial charge >= 0.3 is 6.18 Å². The first-order valence-electron chi connectivity index (χ1n) is 4.99. The van der Waals surface area contributed by atoms with Crippen molar-refractivity contribution < 1.29 is 18.0 Å². The molecule has 2 N–H and O–H groups in total. The van der Waals surface area contributed by atoms with E-state index in [0.717, 1.165) is 16.9 Å². The zero-order chi connectivity index (χ0) is 15.1. The molecular formula is C10H5Cl2F3N4O. The summed E-state index contributed by atoms with van der Waals surface area (Å²) in [5, 5.41) is 5.72. The van der Waals surface area contributed by atoms with E-state index in [1.807, 2.05) is 0 Å². The van der Waals surface area contributed by atoms with E-state index in [2.05, 4.69) is 10.3 Å². The van der Waals surface area contributed by atoms with E-state index >= 15 is 0 Å². The van der Waals surface area contributed by atoms with Gasteiger partial charge in [-0.3, -0.25) is 4.79 Å². The lowest BCUT2D eigenvalue weighted by molar-refractivity contribution is -0.137. The maximum Gasteiger partial charge on any atom is 0.419 e. The average Bonchev–Trinajstić information content (AvgIpc) is 2.76. The Morgan fingerprint density at radius 1 is 1.30 bits per heavy atom. The van der Waals surface area contributed by atoms with Gasteiger partial charge in [0, 0.05) is 0 Å². The Balaban J connectivity index is 2.61. The monoisotopic (exact) mass is 324 g/mol. The normalized spacial score (nSPS) is 11.7. The zero-order valence-corrected chi connectivity index (χ0v) is 11.0. The number of carbonyl (C=O) groups is 1. The highest BCUT2D eigenvalue weighted by atomic mass is 35.5. The summed E-state index contributed by atoms with van der Waals surface area (Å²) in [5.74, 6) is -0.864. The van der Waals surface area contributed by atoms with Crippen molar-refractivity contribution in [1.29, 1.82) is 0 Å². The van der Waals surface area contributed by atoms with Crippen molar-refractivity contribution in [1.82, 2.24) is 15.0 Å². The smallest absolute Gasteiger partial charge is 0.364 e. The van der Waals surface area contributed by atoms with Crippen LogP contribution in [0.15, 0.2) is 18.3 Å². The van der Waals surface area contributed by atoms with Crippen LogP contribution in [-0.2, 0) is 6.18 Å². The molecule has 5 nitrogen and oxygen atoms in total. The van der Waals surface area contributed by atoms with Crippen LogP contribution in [0.4, 0.5) is 13.2 Å². The van der Waals surface area contributed by atoms with E-state index in [4.69, 9.17) is 28.9 Å². The van der Waals surface area contributed by atoms with E-state index in [-0.39, 0.29) is 11.4 Å². The van der Waals surface area contributed by atoms with E-state index in [0.29, 0.717) is 0 Å². The first kappa shape index (κ1) is 14.6. The van der Waals surface area contributed by atoms with E-state index in [1.54, 1.807) is 0 Å². The minimum absolute atomic E-state index is 0.122. The van der Waals surface area contributed by atoms with Gasteiger partial charge in [-0.15, -0.1) is 5.10 Å². The second-order valence-electron chi connectivity index (χ2n) is 3.67. The molecule has 0 bridgehead atoms. The van der Waals surface area contributed by atoms with Gasteiger partial charge in [-0.2, -0.15) is 13.2 Å². The lowest BCUT2D eigenvalue weighted by Gasteiger charge is -2.13. The van der Waals surface area contributed by atoms with Gasteiger partial charge in [0.25, 0.3) is 5.91 Å². The molecule has 20 heavy (non-hydrogen) atoms. The first-order valence-corrected chi connectivity index (χ1v) is 5.75. The summed E-state index contributed by atoms with van der Waals surface area (Å²) in [4.78, 5) is 10.9. The molecule has 2 rings (SSSR count). The summed E-state index contributed by atoms with van der Waals surface area (Å²) < 4.78 is 39.5. The predicted octanol–water partition coefficient (Wildman–Crippen LogP) is 2.69. The van der Waals surface area contributed by atoms with Crippen molar-refractivity contribution in [3.8, 4) is 5.69 Å². The molecule has 1 aromatic heterocycles. The molecule has 106 valence electrons. The topological polar surface area (TPSA) is 73.8 Å². The van der Waals surface area contributed by atoms with Gasteiger partial charge in [0.05, 0.1) is 27.5 Å². The van der Waals surface area contributed by atoms with Gasteiger partial charge in [-0.25, -0.2) is 4.68 Å². The van der Waals surface area contributed by atoms with Crippen LogP contribution < -0.4 is 5.73 Å². The SMILES string of the molecule is NC(=O)c1cn(-c2ccc(Cl)c(C(F)(F)F)c2Cl)nn1. The molecule has 1 heterocycles. The van der Waals surface area contributed by atoms with Crippen molar-refractivity contribution in [3.05, 3.63) is 39.6 Å². The van der Waals surface area contributed by atoms with Gasteiger partial charge in [0.15, 0.2) is 5.69 Å². The number of benzene rings is 1. The summed E-state index contributed by atoms with van der Waals surface area (Å²) in [6, 6.07) is 2.25. The minimum Gasteiger partial charge on any atom is -0.364 e. The van der Waals surface area contributed by atoms with Crippen LogP contribution in [0.5, 0.6) is 0 Å². The lowest BCUT2D eigenvalue weighted by atomic mass is 10.2. The van der Waals surface area contributed by atoms with Crippen molar-refractivity contribution in [2.45, 2.75) is 6.18 Å². The third-order valence-corrected chi connectivity index (χ3v) is 3.04. The van der Waals surface area contributed by atoms with Crippen molar-refractivity contribution in [3.63, 3.8) is 0 Å². The molecule has 0 radical (unpaired) electrons. The molecule has 2 aromatic rings. The molecule has 0 saturated carbocycles. The Bertz CT molecular complexity index is 684. The van der Waals surface area contributed by atoms with Gasteiger partial charge < -0.3 is 5.73 Å². The second-order valence-corrected chi connectivity index (χ2v) is 4.45. The number of hydrogen-bond acceptors (Lipinski definition) is 3. The Morgan fingerprint density at radius 3 is 2.45 bits per heavy atom. The molecule has 10 heteroatoms. The number of aromatic nitrogens is 3. The van der Waals surface area contributed by atoms with E-state index in [1.165, 1.54) is 6.07 Å². The Labute approximate surface area is 120 Å². The van der Waals surface area contributed by atoms with Crippen molar-refractivity contribution in [2.75, 3.05) is 0 Å². The predicted molar refractivity (Wildman–Crippen MR) is 64.9 cm³/mol. The Hall–Kier alpha value is -1.80. The third kappa shape index (κ3) is 2.56. The summed E-state index contributed by atoms with van der Waals surface area (Å²) in [6.07, 6.45) is -3.66. The molecular weight excluding hydrogens is 320 g/mol. The fourth-order valence-electron chi connectivity index (χ4n) is 1.47. The van der Waals surface area contributed by atoms with Crippen LogP contribution in [0, 0.1) is 0 Å². The van der Waals surface area contributed by atoms with Gasteiger partial charge in [-0.05, 0) is 12.1 Å². The highest BCUT2D eigenvalue weighted by molar-refractivity contribution is 6.37. The van der Waals surface area contributed by atoms with Crippen LogP contribution in [-0.4, -0.2) is 20.9 Å². The summed E-state index contributed by atoms with van der Waals surface area (Å²) in [6.45, 7) is 0. The number of nitrogens with two attached hydrogens (primary N) is 1. The number of halogens is 5. The molecule has 1 amide bonds. The maximum absolute atomic E-state index is 12.9. The molecule has 0 atom stereocenters. The van der Waals surface area contributed by atoms with Gasteiger partial charge in [0.2, 0.25) is 0 Å². The van der Waals surface area contributed by atoms with E-state index in [9.17, 15) is 18.0 Å². The number of rotatable bonds is 2. The number of nitrogens with zero attached hydrogens (tertiary/aromatic N) is 3. The van der Waals surface area contributed by atoms with Gasteiger partial charge in [-0.1, -0.05) is 28.4 Å². The minimum atomic E-state index is -4.72. The van der Waals surface area contributed by atoms with Crippen LogP contribution >= 0.6 is 23.2 Å². The summed E-state index contributed by atoms with van der Waals surface area (Å²) in [7, 11) is 0. The average molecular weight is 325 g/mol. The fraction of sp³-hybridized carbons (Fsp3) is 0.100. The molecule has 0 fully saturated rings. The highest BCUT2D eigenvalue weighted by Gasteiger charge is 2.37. The Morgan fingerprint density at radius 2 is 1.95 bits per heavy atom. The quantitative estimate of drug-likeness (QED) is 0.922. The van der Waals surface area contributed by atoms with Crippen LogP contribution in [0.25, 0.3) is 5.69 Å². The first-order chi connectivity index (χ1) is 9.21. The Kier molecular flexibility index (Phi) is 3.61. The molecule has 0 saturated heterocycles. The molecule has 0 aliphatic heterocycles. The van der Waals surface area contributed by atoms with Gasteiger partial charge in [0.1, 0.15) is 0 Å². The molecule has 0 unspecified atom stereocenters. The molecule has 0 aliphatic rings. The number of alkyl halides is 3. The third-order valence-electron chi connectivity index (χ3n) is 2.35. The number of primary amides is 1. The summed E-state index contributed by atoms with van der Waals surface area (Å²) >= 11 is 11.2. The fourth-order valence-corrected chi connectivity index (χ4v) is 2.14.